The van der Waals surface area contributed by atoms with Crippen molar-refractivity contribution >= 4 is 35.9 Å². The summed E-state index contributed by atoms with van der Waals surface area (Å²) in [6.07, 6.45) is 4.46. The Bertz CT molecular complexity index is 510. The lowest BCUT2D eigenvalue weighted by Crippen LogP contribution is -2.37. The first kappa shape index (κ1) is 23.6. The van der Waals surface area contributed by atoms with Gasteiger partial charge in [-0.1, -0.05) is 25.0 Å². The van der Waals surface area contributed by atoms with Gasteiger partial charge < -0.3 is 15.4 Å². The van der Waals surface area contributed by atoms with Gasteiger partial charge in [0.1, 0.15) is 5.82 Å². The van der Waals surface area contributed by atoms with Crippen molar-refractivity contribution in [2.75, 3.05) is 20.2 Å². The molecule has 0 atom stereocenters. The van der Waals surface area contributed by atoms with E-state index in [0.29, 0.717) is 19.6 Å². The highest BCUT2D eigenvalue weighted by atomic mass is 127. The van der Waals surface area contributed by atoms with Crippen molar-refractivity contribution in [2.45, 2.75) is 45.6 Å². The van der Waals surface area contributed by atoms with Crippen molar-refractivity contribution in [1.82, 2.24) is 10.6 Å². The Morgan fingerprint density at radius 2 is 1.80 bits per heavy atom. The standard InChI is InChI=1S/C18H28FN3O2.HI/c1-3-24-17(23)8-6-4-5-7-13-21-18(20-2)22-14-15-9-11-16(19)12-10-15;/h9-12H,3-8,13-14H2,1-2H3,(H2,20,21,22);1H. The van der Waals surface area contributed by atoms with Gasteiger partial charge in [-0.2, -0.15) is 0 Å². The minimum Gasteiger partial charge on any atom is -0.466 e. The zero-order valence-electron chi connectivity index (χ0n) is 15.0. The Morgan fingerprint density at radius 3 is 2.44 bits per heavy atom. The van der Waals surface area contributed by atoms with Gasteiger partial charge >= 0.3 is 5.97 Å². The fourth-order valence-electron chi connectivity index (χ4n) is 2.20. The number of ether oxygens (including phenoxy) is 1. The van der Waals surface area contributed by atoms with E-state index in [-0.39, 0.29) is 35.8 Å². The number of guanidine groups is 1. The summed E-state index contributed by atoms with van der Waals surface area (Å²) in [4.78, 5) is 15.3. The van der Waals surface area contributed by atoms with Crippen LogP contribution in [0.3, 0.4) is 0 Å². The van der Waals surface area contributed by atoms with E-state index in [2.05, 4.69) is 15.6 Å². The van der Waals surface area contributed by atoms with E-state index >= 15 is 0 Å². The van der Waals surface area contributed by atoms with Crippen molar-refractivity contribution in [3.63, 3.8) is 0 Å². The van der Waals surface area contributed by atoms with Crippen molar-refractivity contribution in [3.8, 4) is 0 Å². The van der Waals surface area contributed by atoms with E-state index in [1.165, 1.54) is 12.1 Å². The summed E-state index contributed by atoms with van der Waals surface area (Å²) in [5.41, 5.74) is 0.998. The number of carbonyl (C=O) groups is 1. The van der Waals surface area contributed by atoms with Crippen LogP contribution in [0.5, 0.6) is 0 Å². The molecule has 1 aromatic carbocycles. The van der Waals surface area contributed by atoms with Gasteiger partial charge in [0.25, 0.3) is 0 Å². The molecule has 25 heavy (non-hydrogen) atoms. The van der Waals surface area contributed by atoms with E-state index in [9.17, 15) is 9.18 Å². The summed E-state index contributed by atoms with van der Waals surface area (Å²) >= 11 is 0. The maximum Gasteiger partial charge on any atom is 0.305 e. The molecule has 1 rings (SSSR count). The maximum atomic E-state index is 12.8. The quantitative estimate of drug-likeness (QED) is 0.182. The fraction of sp³-hybridized carbons (Fsp3) is 0.556. The van der Waals surface area contributed by atoms with Crippen molar-refractivity contribution < 1.29 is 13.9 Å². The van der Waals surface area contributed by atoms with E-state index in [4.69, 9.17) is 4.74 Å². The van der Waals surface area contributed by atoms with Crippen LogP contribution < -0.4 is 10.6 Å². The van der Waals surface area contributed by atoms with Crippen LogP contribution in [0.25, 0.3) is 0 Å². The Hall–Kier alpha value is -1.38. The molecular weight excluding hydrogens is 436 g/mol. The van der Waals surface area contributed by atoms with Crippen LogP contribution in [0, 0.1) is 5.82 Å². The van der Waals surface area contributed by atoms with Gasteiger partial charge in [-0.3, -0.25) is 9.79 Å². The van der Waals surface area contributed by atoms with Gasteiger partial charge in [-0.05, 0) is 37.5 Å². The zero-order valence-corrected chi connectivity index (χ0v) is 17.3. The molecule has 0 spiro atoms. The topological polar surface area (TPSA) is 62.7 Å². The number of nitrogens with zero attached hydrogens (tertiary/aromatic N) is 1. The van der Waals surface area contributed by atoms with Gasteiger partial charge in [0, 0.05) is 26.6 Å². The average molecular weight is 465 g/mol. The Labute approximate surface area is 166 Å². The van der Waals surface area contributed by atoms with Gasteiger partial charge in [-0.15, -0.1) is 24.0 Å². The molecule has 5 nitrogen and oxygen atoms in total. The molecule has 7 heteroatoms. The first-order valence-corrected chi connectivity index (χ1v) is 8.50. The van der Waals surface area contributed by atoms with Gasteiger partial charge in [-0.25, -0.2) is 4.39 Å². The summed E-state index contributed by atoms with van der Waals surface area (Å²) in [6.45, 7) is 3.69. The molecule has 0 bridgehead atoms. The summed E-state index contributed by atoms with van der Waals surface area (Å²) in [5, 5.41) is 6.44. The van der Waals surface area contributed by atoms with Crippen LogP contribution in [0.1, 0.15) is 44.6 Å². The molecule has 2 N–H and O–H groups in total. The van der Waals surface area contributed by atoms with E-state index in [1.54, 1.807) is 19.2 Å². The molecule has 0 aliphatic heterocycles. The second-order valence-electron chi connectivity index (χ2n) is 5.45. The van der Waals surface area contributed by atoms with Gasteiger partial charge in [0.2, 0.25) is 0 Å². The molecule has 142 valence electrons. The summed E-state index contributed by atoms with van der Waals surface area (Å²) in [6, 6.07) is 6.39. The summed E-state index contributed by atoms with van der Waals surface area (Å²) < 4.78 is 17.7. The van der Waals surface area contributed by atoms with Crippen LogP contribution >= 0.6 is 24.0 Å². The number of hydrogen-bond donors (Lipinski definition) is 2. The summed E-state index contributed by atoms with van der Waals surface area (Å²) in [7, 11) is 1.72. The second-order valence-corrected chi connectivity index (χ2v) is 5.45. The molecule has 0 aliphatic carbocycles. The molecule has 0 unspecified atom stereocenters. The van der Waals surface area contributed by atoms with Gasteiger partial charge in [0.15, 0.2) is 5.96 Å². The molecule has 0 saturated heterocycles. The minimum atomic E-state index is -0.232. The molecule has 0 fully saturated rings. The van der Waals surface area contributed by atoms with Gasteiger partial charge in [0.05, 0.1) is 6.61 Å². The normalized spacial score (nSPS) is 10.8. The number of hydrogen-bond acceptors (Lipinski definition) is 3. The lowest BCUT2D eigenvalue weighted by atomic mass is 10.1. The monoisotopic (exact) mass is 465 g/mol. The maximum absolute atomic E-state index is 12.8. The van der Waals surface area contributed by atoms with E-state index in [0.717, 1.165) is 43.8 Å². The Morgan fingerprint density at radius 1 is 1.12 bits per heavy atom. The molecular formula is C18H29FIN3O2. The third kappa shape index (κ3) is 11.7. The molecule has 0 heterocycles. The lowest BCUT2D eigenvalue weighted by Gasteiger charge is -2.12. The first-order valence-electron chi connectivity index (χ1n) is 8.50. The lowest BCUT2D eigenvalue weighted by molar-refractivity contribution is -0.143. The van der Waals surface area contributed by atoms with E-state index < -0.39 is 0 Å². The fourth-order valence-corrected chi connectivity index (χ4v) is 2.20. The summed E-state index contributed by atoms with van der Waals surface area (Å²) in [5.74, 6) is 0.385. The highest BCUT2D eigenvalue weighted by Crippen LogP contribution is 2.04. The molecule has 0 aliphatic rings. The number of carbonyl (C=O) groups excluding carboxylic acids is 1. The van der Waals surface area contributed by atoms with Crippen molar-refractivity contribution in [3.05, 3.63) is 35.6 Å². The van der Waals surface area contributed by atoms with Crippen LogP contribution in [-0.4, -0.2) is 32.1 Å². The number of unbranched alkanes of at least 4 members (excludes halogenated alkanes) is 3. The van der Waals surface area contributed by atoms with Crippen LogP contribution in [0.4, 0.5) is 4.39 Å². The van der Waals surface area contributed by atoms with Crippen LogP contribution in [0.15, 0.2) is 29.3 Å². The minimum absolute atomic E-state index is 0. The highest BCUT2D eigenvalue weighted by molar-refractivity contribution is 14.0. The predicted octanol–water partition coefficient (Wildman–Crippen LogP) is 3.62. The van der Waals surface area contributed by atoms with E-state index in [1.807, 2.05) is 6.92 Å². The van der Waals surface area contributed by atoms with Crippen LogP contribution in [0.2, 0.25) is 0 Å². The highest BCUT2D eigenvalue weighted by Gasteiger charge is 2.01. The third-order valence-corrected chi connectivity index (χ3v) is 3.50. The van der Waals surface area contributed by atoms with Crippen molar-refractivity contribution in [1.29, 1.82) is 0 Å². The predicted molar refractivity (Wildman–Crippen MR) is 110 cm³/mol. The zero-order chi connectivity index (χ0) is 17.6. The Kier molecular flexibility index (Phi) is 14.1. The largest absolute Gasteiger partial charge is 0.466 e. The number of benzene rings is 1. The van der Waals surface area contributed by atoms with Crippen LogP contribution in [-0.2, 0) is 16.1 Å². The van der Waals surface area contributed by atoms with Crippen molar-refractivity contribution in [2.24, 2.45) is 4.99 Å². The SMILES string of the molecule is CCOC(=O)CCCCCCNC(=NC)NCc1ccc(F)cc1.I. The molecule has 0 aromatic heterocycles. The number of rotatable bonds is 10. The average Bonchev–Trinajstić information content (AvgIpc) is 2.58. The number of aliphatic imine (C=N–C) groups is 1. The molecule has 0 saturated carbocycles. The Balaban J connectivity index is 0.00000576. The third-order valence-electron chi connectivity index (χ3n) is 3.50. The molecule has 0 amide bonds. The molecule has 1 aromatic rings. The smallest absolute Gasteiger partial charge is 0.305 e. The second kappa shape index (κ2) is 14.9. The number of halogens is 2. The number of nitrogens with one attached hydrogen (secondary N) is 2. The first-order chi connectivity index (χ1) is 11.7. The molecule has 0 radical (unpaired) electrons. The number of esters is 1.